The lowest BCUT2D eigenvalue weighted by molar-refractivity contribution is 0.0674. The smallest absolute Gasteiger partial charge is 0.257 e. The summed E-state index contributed by atoms with van der Waals surface area (Å²) in [5.41, 5.74) is 0.278. The quantitative estimate of drug-likeness (QED) is 0.875. The minimum Gasteiger partial charge on any atom is -0.507 e. The Labute approximate surface area is 108 Å². The van der Waals surface area contributed by atoms with Gasteiger partial charge in [-0.25, -0.2) is 0 Å². The standard InChI is InChI=1S/C12H14BrNO3/c13-8-3-4-11(16)10(6-8)12(17)14-5-1-2-9(14)7-15/h3-4,6,9,15-16H,1-2,5,7H2. The first-order chi connectivity index (χ1) is 8.13. The van der Waals surface area contributed by atoms with Gasteiger partial charge >= 0.3 is 0 Å². The van der Waals surface area contributed by atoms with Crippen molar-refractivity contribution >= 4 is 21.8 Å². The average Bonchev–Trinajstić information content (AvgIpc) is 2.79. The van der Waals surface area contributed by atoms with E-state index in [1.165, 1.54) is 6.07 Å². The summed E-state index contributed by atoms with van der Waals surface area (Å²) in [6, 6.07) is 4.65. The molecule has 1 atom stereocenters. The number of benzene rings is 1. The molecule has 1 aliphatic heterocycles. The number of hydrogen-bond donors (Lipinski definition) is 2. The number of carbonyl (C=O) groups excluding carboxylic acids is 1. The summed E-state index contributed by atoms with van der Waals surface area (Å²) >= 11 is 3.27. The van der Waals surface area contributed by atoms with Crippen molar-refractivity contribution in [2.45, 2.75) is 18.9 Å². The van der Waals surface area contributed by atoms with Crippen LogP contribution in [0.2, 0.25) is 0 Å². The van der Waals surface area contributed by atoms with Crippen LogP contribution in [-0.4, -0.2) is 40.2 Å². The van der Waals surface area contributed by atoms with Crippen LogP contribution in [0.4, 0.5) is 0 Å². The molecule has 0 saturated carbocycles. The normalized spacial score (nSPS) is 19.6. The van der Waals surface area contributed by atoms with E-state index >= 15 is 0 Å². The lowest BCUT2D eigenvalue weighted by Crippen LogP contribution is -2.37. The van der Waals surface area contributed by atoms with Gasteiger partial charge in [-0.1, -0.05) is 15.9 Å². The number of carbonyl (C=O) groups is 1. The molecule has 1 aliphatic rings. The van der Waals surface area contributed by atoms with E-state index in [-0.39, 0.29) is 29.9 Å². The van der Waals surface area contributed by atoms with Crippen molar-refractivity contribution in [1.82, 2.24) is 4.90 Å². The van der Waals surface area contributed by atoms with Crippen LogP contribution >= 0.6 is 15.9 Å². The molecule has 0 aliphatic carbocycles. The molecule has 92 valence electrons. The Morgan fingerprint density at radius 3 is 3.00 bits per heavy atom. The Balaban J connectivity index is 2.27. The van der Waals surface area contributed by atoms with Crippen LogP contribution in [0.25, 0.3) is 0 Å². The molecule has 0 radical (unpaired) electrons. The molecule has 1 saturated heterocycles. The van der Waals surface area contributed by atoms with Gasteiger partial charge < -0.3 is 15.1 Å². The van der Waals surface area contributed by atoms with E-state index in [0.29, 0.717) is 6.54 Å². The SMILES string of the molecule is O=C(c1cc(Br)ccc1O)N1CCCC1CO. The number of hydrogen-bond acceptors (Lipinski definition) is 3. The number of aliphatic hydroxyl groups is 1. The van der Waals surface area contributed by atoms with Crippen molar-refractivity contribution in [3.8, 4) is 5.75 Å². The fourth-order valence-corrected chi connectivity index (χ4v) is 2.49. The molecular weight excluding hydrogens is 286 g/mol. The van der Waals surface area contributed by atoms with Crippen LogP contribution in [0, 0.1) is 0 Å². The van der Waals surface area contributed by atoms with Gasteiger partial charge in [0.25, 0.3) is 5.91 Å². The number of halogens is 1. The van der Waals surface area contributed by atoms with Crippen LogP contribution in [-0.2, 0) is 0 Å². The van der Waals surface area contributed by atoms with Crippen molar-refractivity contribution in [1.29, 1.82) is 0 Å². The average molecular weight is 300 g/mol. The van der Waals surface area contributed by atoms with Gasteiger partial charge in [0, 0.05) is 11.0 Å². The third-order valence-electron chi connectivity index (χ3n) is 3.04. The highest BCUT2D eigenvalue weighted by molar-refractivity contribution is 9.10. The van der Waals surface area contributed by atoms with Gasteiger partial charge in [-0.2, -0.15) is 0 Å². The van der Waals surface area contributed by atoms with Crippen molar-refractivity contribution in [3.05, 3.63) is 28.2 Å². The zero-order chi connectivity index (χ0) is 12.4. The number of aromatic hydroxyl groups is 1. The molecular formula is C12H14BrNO3. The zero-order valence-electron chi connectivity index (χ0n) is 9.27. The molecule has 0 aromatic heterocycles. The molecule has 1 fully saturated rings. The van der Waals surface area contributed by atoms with E-state index in [4.69, 9.17) is 0 Å². The Hall–Kier alpha value is -1.07. The third-order valence-corrected chi connectivity index (χ3v) is 3.53. The largest absolute Gasteiger partial charge is 0.507 e. The predicted octanol–water partition coefficient (Wildman–Crippen LogP) is 1.75. The highest BCUT2D eigenvalue weighted by Gasteiger charge is 2.30. The zero-order valence-corrected chi connectivity index (χ0v) is 10.9. The molecule has 4 nitrogen and oxygen atoms in total. The predicted molar refractivity (Wildman–Crippen MR) is 67.0 cm³/mol. The van der Waals surface area contributed by atoms with Gasteiger partial charge in [0.05, 0.1) is 18.2 Å². The van der Waals surface area contributed by atoms with E-state index in [9.17, 15) is 15.0 Å². The molecule has 17 heavy (non-hydrogen) atoms. The number of aliphatic hydroxyl groups excluding tert-OH is 1. The van der Waals surface area contributed by atoms with E-state index in [2.05, 4.69) is 15.9 Å². The minimum absolute atomic E-state index is 0.0261. The highest BCUT2D eigenvalue weighted by atomic mass is 79.9. The summed E-state index contributed by atoms with van der Waals surface area (Å²) in [5, 5.41) is 18.9. The number of rotatable bonds is 2. The van der Waals surface area contributed by atoms with E-state index in [1.807, 2.05) is 0 Å². The van der Waals surface area contributed by atoms with E-state index in [0.717, 1.165) is 17.3 Å². The van der Waals surface area contributed by atoms with Crippen LogP contribution in [0.5, 0.6) is 5.75 Å². The summed E-state index contributed by atoms with van der Waals surface area (Å²) in [6.07, 6.45) is 1.71. The lowest BCUT2D eigenvalue weighted by Gasteiger charge is -2.23. The number of likely N-dealkylation sites (tertiary alicyclic amines) is 1. The second-order valence-electron chi connectivity index (χ2n) is 4.14. The fourth-order valence-electron chi connectivity index (χ4n) is 2.13. The fraction of sp³-hybridized carbons (Fsp3) is 0.417. The molecule has 1 amide bonds. The van der Waals surface area contributed by atoms with Gasteiger partial charge in [0.2, 0.25) is 0 Å². The Bertz CT molecular complexity index is 436. The molecule has 1 heterocycles. The summed E-state index contributed by atoms with van der Waals surface area (Å²) in [4.78, 5) is 13.8. The van der Waals surface area contributed by atoms with Crippen molar-refractivity contribution < 1.29 is 15.0 Å². The molecule has 1 unspecified atom stereocenters. The van der Waals surface area contributed by atoms with Crippen molar-refractivity contribution in [2.75, 3.05) is 13.2 Å². The second-order valence-corrected chi connectivity index (χ2v) is 5.05. The first-order valence-corrected chi connectivity index (χ1v) is 6.33. The molecule has 1 aromatic rings. The monoisotopic (exact) mass is 299 g/mol. The van der Waals surface area contributed by atoms with Crippen LogP contribution in [0.3, 0.4) is 0 Å². The lowest BCUT2D eigenvalue weighted by atomic mass is 10.1. The Kier molecular flexibility index (Phi) is 3.69. The Morgan fingerprint density at radius 2 is 2.29 bits per heavy atom. The Morgan fingerprint density at radius 1 is 1.53 bits per heavy atom. The van der Waals surface area contributed by atoms with Crippen LogP contribution in [0.1, 0.15) is 23.2 Å². The van der Waals surface area contributed by atoms with Crippen molar-refractivity contribution in [2.24, 2.45) is 0 Å². The number of amides is 1. The number of nitrogens with zero attached hydrogens (tertiary/aromatic N) is 1. The van der Waals surface area contributed by atoms with E-state index in [1.54, 1.807) is 17.0 Å². The molecule has 1 aromatic carbocycles. The molecule has 2 N–H and O–H groups in total. The van der Waals surface area contributed by atoms with Crippen molar-refractivity contribution in [3.63, 3.8) is 0 Å². The highest BCUT2D eigenvalue weighted by Crippen LogP contribution is 2.26. The maximum atomic E-state index is 12.2. The number of phenols is 1. The van der Waals surface area contributed by atoms with Crippen LogP contribution in [0.15, 0.2) is 22.7 Å². The molecule has 2 rings (SSSR count). The van der Waals surface area contributed by atoms with E-state index < -0.39 is 0 Å². The third kappa shape index (κ3) is 2.45. The summed E-state index contributed by atoms with van der Waals surface area (Å²) < 4.78 is 0.749. The van der Waals surface area contributed by atoms with Gasteiger partial charge in [0.15, 0.2) is 0 Å². The number of phenolic OH excluding ortho intramolecular Hbond substituents is 1. The first kappa shape index (κ1) is 12.4. The van der Waals surface area contributed by atoms with Gasteiger partial charge in [-0.05, 0) is 31.0 Å². The second kappa shape index (κ2) is 5.06. The molecule has 5 heteroatoms. The maximum Gasteiger partial charge on any atom is 0.257 e. The van der Waals surface area contributed by atoms with Gasteiger partial charge in [0.1, 0.15) is 5.75 Å². The molecule has 0 bridgehead atoms. The van der Waals surface area contributed by atoms with Gasteiger partial charge in [-0.15, -0.1) is 0 Å². The maximum absolute atomic E-state index is 12.2. The minimum atomic E-state index is -0.222. The van der Waals surface area contributed by atoms with Gasteiger partial charge in [-0.3, -0.25) is 4.79 Å². The summed E-state index contributed by atoms with van der Waals surface area (Å²) in [6.45, 7) is 0.608. The summed E-state index contributed by atoms with van der Waals surface area (Å²) in [7, 11) is 0. The molecule has 0 spiro atoms. The van der Waals surface area contributed by atoms with Crippen LogP contribution < -0.4 is 0 Å². The first-order valence-electron chi connectivity index (χ1n) is 5.54. The summed E-state index contributed by atoms with van der Waals surface area (Å²) in [5.74, 6) is -0.248. The topological polar surface area (TPSA) is 60.8 Å².